The van der Waals surface area contributed by atoms with Crippen LogP contribution in [0.1, 0.15) is 21.5 Å². The van der Waals surface area contributed by atoms with Crippen LogP contribution in [0.2, 0.25) is 0 Å². The lowest BCUT2D eigenvalue weighted by Gasteiger charge is -2.06. The summed E-state index contributed by atoms with van der Waals surface area (Å²) in [4.78, 5) is 23.4. The van der Waals surface area contributed by atoms with E-state index in [1.54, 1.807) is 42.6 Å². The molecule has 0 unspecified atom stereocenters. The molecule has 1 amide bonds. The van der Waals surface area contributed by atoms with Crippen molar-refractivity contribution in [2.24, 2.45) is 0 Å². The third-order valence-corrected chi connectivity index (χ3v) is 3.81. The fourth-order valence-electron chi connectivity index (χ4n) is 2.58. The molecule has 0 radical (unpaired) electrons. The molecule has 3 rings (SSSR count). The van der Waals surface area contributed by atoms with Crippen LogP contribution < -0.4 is 5.32 Å². The Labute approximate surface area is 148 Å². The molecule has 0 aliphatic carbocycles. The highest BCUT2D eigenvalue weighted by atomic mass is 19.1. The number of hydrogen-bond donors (Lipinski definition) is 2. The molecule has 0 spiro atoms. The SMILES string of the molecule is O=C(Cc1ccccc1C(=O)O)Nc1cnn(Cc2ccccc2F)c1. The van der Waals surface area contributed by atoms with Crippen LogP contribution in [0.3, 0.4) is 0 Å². The molecule has 3 aromatic rings. The molecule has 2 N–H and O–H groups in total. The van der Waals surface area contributed by atoms with E-state index < -0.39 is 5.97 Å². The first-order chi connectivity index (χ1) is 12.5. The van der Waals surface area contributed by atoms with Crippen molar-refractivity contribution in [3.05, 3.63) is 83.4 Å². The van der Waals surface area contributed by atoms with Gasteiger partial charge in [0.1, 0.15) is 5.82 Å². The maximum absolute atomic E-state index is 13.7. The normalized spacial score (nSPS) is 10.5. The van der Waals surface area contributed by atoms with Gasteiger partial charge >= 0.3 is 5.97 Å². The number of carbonyl (C=O) groups excluding carboxylic acids is 1. The van der Waals surface area contributed by atoms with Crippen LogP contribution in [0.4, 0.5) is 10.1 Å². The predicted molar refractivity (Wildman–Crippen MR) is 93.5 cm³/mol. The minimum absolute atomic E-state index is 0.0685. The van der Waals surface area contributed by atoms with Gasteiger partial charge in [-0.1, -0.05) is 36.4 Å². The second-order valence-corrected chi connectivity index (χ2v) is 5.71. The van der Waals surface area contributed by atoms with E-state index in [1.165, 1.54) is 23.0 Å². The fraction of sp³-hybridized carbons (Fsp3) is 0.105. The van der Waals surface area contributed by atoms with Gasteiger partial charge in [0.15, 0.2) is 0 Å². The number of aromatic carboxylic acids is 1. The first kappa shape index (κ1) is 17.3. The lowest BCUT2D eigenvalue weighted by atomic mass is 10.0. The summed E-state index contributed by atoms with van der Waals surface area (Å²) in [7, 11) is 0. The summed E-state index contributed by atoms with van der Waals surface area (Å²) in [5.41, 5.74) is 1.47. The zero-order chi connectivity index (χ0) is 18.5. The number of benzene rings is 2. The van der Waals surface area contributed by atoms with E-state index >= 15 is 0 Å². The van der Waals surface area contributed by atoms with E-state index in [1.807, 2.05) is 0 Å². The highest BCUT2D eigenvalue weighted by Gasteiger charge is 2.13. The highest BCUT2D eigenvalue weighted by molar-refractivity contribution is 5.95. The van der Waals surface area contributed by atoms with Gasteiger partial charge in [-0.2, -0.15) is 5.10 Å². The number of amides is 1. The Hall–Kier alpha value is -3.48. The number of nitrogens with zero attached hydrogens (tertiary/aromatic N) is 2. The quantitative estimate of drug-likeness (QED) is 0.714. The van der Waals surface area contributed by atoms with Crippen LogP contribution in [-0.4, -0.2) is 26.8 Å². The van der Waals surface area contributed by atoms with Gasteiger partial charge in [-0.3, -0.25) is 9.48 Å². The van der Waals surface area contributed by atoms with Crippen molar-refractivity contribution in [2.75, 3.05) is 5.32 Å². The second kappa shape index (κ2) is 7.60. The molecule has 0 atom stereocenters. The first-order valence-electron chi connectivity index (χ1n) is 7.90. The van der Waals surface area contributed by atoms with Crippen molar-refractivity contribution >= 4 is 17.6 Å². The van der Waals surface area contributed by atoms with Crippen molar-refractivity contribution < 1.29 is 19.1 Å². The zero-order valence-corrected chi connectivity index (χ0v) is 13.7. The summed E-state index contributed by atoms with van der Waals surface area (Å²) in [6, 6.07) is 12.7. The fourth-order valence-corrected chi connectivity index (χ4v) is 2.58. The van der Waals surface area contributed by atoms with Gasteiger partial charge < -0.3 is 10.4 Å². The Morgan fingerprint density at radius 2 is 1.77 bits per heavy atom. The summed E-state index contributed by atoms with van der Waals surface area (Å²) in [6.07, 6.45) is 2.98. The molecule has 0 saturated heterocycles. The molecule has 26 heavy (non-hydrogen) atoms. The van der Waals surface area contributed by atoms with Gasteiger partial charge in [-0.15, -0.1) is 0 Å². The van der Waals surface area contributed by atoms with Gasteiger partial charge in [-0.25, -0.2) is 9.18 Å². The van der Waals surface area contributed by atoms with Gasteiger partial charge in [0.2, 0.25) is 5.91 Å². The summed E-state index contributed by atoms with van der Waals surface area (Å²) in [5, 5.41) is 15.9. The molecular formula is C19H16FN3O3. The number of rotatable bonds is 6. The summed E-state index contributed by atoms with van der Waals surface area (Å²) in [5.74, 6) is -1.76. The number of carbonyl (C=O) groups is 2. The Bertz CT molecular complexity index is 952. The molecule has 0 aliphatic rings. The van der Waals surface area contributed by atoms with Gasteiger partial charge in [0, 0.05) is 11.8 Å². The van der Waals surface area contributed by atoms with Gasteiger partial charge in [0.05, 0.1) is 30.4 Å². The summed E-state index contributed by atoms with van der Waals surface area (Å²) in [6.45, 7) is 0.240. The molecule has 2 aromatic carbocycles. The van der Waals surface area contributed by atoms with Crippen molar-refractivity contribution in [1.29, 1.82) is 0 Å². The van der Waals surface area contributed by atoms with E-state index in [2.05, 4.69) is 10.4 Å². The topological polar surface area (TPSA) is 84.2 Å². The standard InChI is InChI=1S/C19H16FN3O3/c20-17-8-4-2-6-14(17)11-23-12-15(10-21-23)22-18(24)9-13-5-1-3-7-16(13)19(25)26/h1-8,10,12H,9,11H2,(H,22,24)(H,25,26). The third kappa shape index (κ3) is 4.13. The van der Waals surface area contributed by atoms with Crippen LogP contribution in [0.5, 0.6) is 0 Å². The smallest absolute Gasteiger partial charge is 0.335 e. The van der Waals surface area contributed by atoms with Crippen molar-refractivity contribution in [2.45, 2.75) is 13.0 Å². The largest absolute Gasteiger partial charge is 0.478 e. The Balaban J connectivity index is 1.65. The van der Waals surface area contributed by atoms with Gasteiger partial charge in [0.25, 0.3) is 0 Å². The molecule has 0 fully saturated rings. The molecule has 132 valence electrons. The lowest BCUT2D eigenvalue weighted by molar-refractivity contribution is -0.115. The number of anilines is 1. The molecule has 0 bridgehead atoms. The Kier molecular flexibility index (Phi) is 5.07. The third-order valence-electron chi connectivity index (χ3n) is 3.81. The van der Waals surface area contributed by atoms with Crippen molar-refractivity contribution in [3.8, 4) is 0 Å². The lowest BCUT2D eigenvalue weighted by Crippen LogP contribution is -2.16. The Morgan fingerprint density at radius 3 is 2.50 bits per heavy atom. The molecule has 1 heterocycles. The molecular weight excluding hydrogens is 337 g/mol. The average Bonchev–Trinajstić information content (AvgIpc) is 3.04. The van der Waals surface area contributed by atoms with E-state index in [9.17, 15) is 14.0 Å². The molecule has 0 aliphatic heterocycles. The highest BCUT2D eigenvalue weighted by Crippen LogP contribution is 2.13. The van der Waals surface area contributed by atoms with Crippen molar-refractivity contribution in [3.63, 3.8) is 0 Å². The van der Waals surface area contributed by atoms with Crippen LogP contribution in [0.15, 0.2) is 60.9 Å². The number of nitrogens with one attached hydrogen (secondary N) is 1. The summed E-state index contributed by atoms with van der Waals surface area (Å²) >= 11 is 0. The van der Waals surface area contributed by atoms with E-state index in [4.69, 9.17) is 5.11 Å². The van der Waals surface area contributed by atoms with Crippen LogP contribution in [0, 0.1) is 5.82 Å². The number of aromatic nitrogens is 2. The van der Waals surface area contributed by atoms with E-state index in [0.717, 1.165) is 0 Å². The molecule has 6 nitrogen and oxygen atoms in total. The number of halogens is 1. The zero-order valence-electron chi connectivity index (χ0n) is 13.7. The summed E-state index contributed by atoms with van der Waals surface area (Å²) < 4.78 is 15.2. The average molecular weight is 353 g/mol. The minimum Gasteiger partial charge on any atom is -0.478 e. The van der Waals surface area contributed by atoms with E-state index in [-0.39, 0.29) is 30.3 Å². The predicted octanol–water partition coefficient (Wildman–Crippen LogP) is 2.95. The Morgan fingerprint density at radius 1 is 1.08 bits per heavy atom. The second-order valence-electron chi connectivity index (χ2n) is 5.71. The van der Waals surface area contributed by atoms with Crippen LogP contribution in [-0.2, 0) is 17.8 Å². The van der Waals surface area contributed by atoms with Crippen LogP contribution >= 0.6 is 0 Å². The van der Waals surface area contributed by atoms with Crippen molar-refractivity contribution in [1.82, 2.24) is 9.78 Å². The van der Waals surface area contributed by atoms with Gasteiger partial charge in [-0.05, 0) is 17.7 Å². The number of carboxylic acids is 1. The maximum atomic E-state index is 13.7. The maximum Gasteiger partial charge on any atom is 0.335 e. The minimum atomic E-state index is -1.08. The van der Waals surface area contributed by atoms with Crippen LogP contribution in [0.25, 0.3) is 0 Å². The molecule has 1 aromatic heterocycles. The molecule has 0 saturated carbocycles. The number of carboxylic acid groups (broad SMARTS) is 1. The molecule has 7 heteroatoms. The number of hydrogen-bond acceptors (Lipinski definition) is 3. The van der Waals surface area contributed by atoms with E-state index in [0.29, 0.717) is 16.8 Å². The first-order valence-corrected chi connectivity index (χ1v) is 7.90. The monoisotopic (exact) mass is 353 g/mol.